The highest BCUT2D eigenvalue weighted by Gasteiger charge is 2.14. The SMILES string of the molecule is Cn1c(=S)n(-c2ccc(CC(N)C(=O)O)cc2)c2c(Cl)cccc21. The minimum absolute atomic E-state index is 0.275. The minimum atomic E-state index is -1.01. The second-order valence-corrected chi connectivity index (χ2v) is 6.37. The summed E-state index contributed by atoms with van der Waals surface area (Å²) >= 11 is 11.9. The minimum Gasteiger partial charge on any atom is -0.480 e. The van der Waals surface area contributed by atoms with Gasteiger partial charge in [0.15, 0.2) is 4.77 Å². The van der Waals surface area contributed by atoms with Crippen LogP contribution in [-0.4, -0.2) is 26.3 Å². The highest BCUT2D eigenvalue weighted by Crippen LogP contribution is 2.28. The molecule has 3 rings (SSSR count). The third-order valence-corrected chi connectivity index (χ3v) is 4.76. The molecular weight excluding hydrogens is 346 g/mol. The van der Waals surface area contributed by atoms with Crippen molar-refractivity contribution in [2.75, 3.05) is 0 Å². The molecule has 1 aromatic heterocycles. The van der Waals surface area contributed by atoms with Crippen LogP contribution in [0.4, 0.5) is 0 Å². The summed E-state index contributed by atoms with van der Waals surface area (Å²) in [4.78, 5) is 10.9. The van der Waals surface area contributed by atoms with Crippen molar-refractivity contribution < 1.29 is 9.90 Å². The first-order valence-corrected chi connectivity index (χ1v) is 8.12. The summed E-state index contributed by atoms with van der Waals surface area (Å²) in [6.07, 6.45) is 0.275. The zero-order chi connectivity index (χ0) is 17.4. The lowest BCUT2D eigenvalue weighted by Gasteiger charge is -2.09. The highest BCUT2D eigenvalue weighted by molar-refractivity contribution is 7.71. The van der Waals surface area contributed by atoms with Gasteiger partial charge in [0.05, 0.1) is 16.1 Å². The second-order valence-electron chi connectivity index (χ2n) is 5.60. The number of nitrogens with zero attached hydrogens (tertiary/aromatic N) is 2. The van der Waals surface area contributed by atoms with Crippen LogP contribution in [0.25, 0.3) is 16.7 Å². The average molecular weight is 362 g/mol. The number of benzene rings is 2. The van der Waals surface area contributed by atoms with Crippen LogP contribution >= 0.6 is 23.8 Å². The Balaban J connectivity index is 2.07. The molecule has 0 saturated heterocycles. The van der Waals surface area contributed by atoms with E-state index in [0.29, 0.717) is 9.79 Å². The van der Waals surface area contributed by atoms with Gasteiger partial charge in [-0.25, -0.2) is 0 Å². The van der Waals surface area contributed by atoms with Gasteiger partial charge >= 0.3 is 5.97 Å². The number of fused-ring (bicyclic) bond motifs is 1. The van der Waals surface area contributed by atoms with E-state index in [4.69, 9.17) is 34.7 Å². The molecule has 7 heteroatoms. The Bertz CT molecular complexity index is 976. The zero-order valence-electron chi connectivity index (χ0n) is 12.9. The largest absolute Gasteiger partial charge is 0.480 e. The number of aliphatic carboxylic acids is 1. The maximum absolute atomic E-state index is 10.9. The van der Waals surface area contributed by atoms with E-state index >= 15 is 0 Å². The molecule has 1 unspecified atom stereocenters. The van der Waals surface area contributed by atoms with Crippen molar-refractivity contribution in [2.45, 2.75) is 12.5 Å². The number of para-hydroxylation sites is 1. The van der Waals surface area contributed by atoms with Gasteiger partial charge in [0.2, 0.25) is 0 Å². The molecule has 0 saturated carbocycles. The number of hydrogen-bond donors (Lipinski definition) is 2. The fourth-order valence-corrected chi connectivity index (χ4v) is 3.26. The van der Waals surface area contributed by atoms with E-state index in [0.717, 1.165) is 22.3 Å². The number of carbonyl (C=O) groups is 1. The summed E-state index contributed by atoms with van der Waals surface area (Å²) in [6, 6.07) is 12.3. The number of aromatic nitrogens is 2. The summed E-state index contributed by atoms with van der Waals surface area (Å²) < 4.78 is 4.45. The molecule has 24 heavy (non-hydrogen) atoms. The maximum atomic E-state index is 10.9. The van der Waals surface area contributed by atoms with Gasteiger partial charge in [0, 0.05) is 12.7 Å². The summed E-state index contributed by atoms with van der Waals surface area (Å²) in [5.41, 5.74) is 9.09. The number of carboxylic acid groups (broad SMARTS) is 1. The predicted molar refractivity (Wildman–Crippen MR) is 97.4 cm³/mol. The van der Waals surface area contributed by atoms with E-state index < -0.39 is 12.0 Å². The third-order valence-electron chi connectivity index (χ3n) is 4.00. The van der Waals surface area contributed by atoms with Gasteiger partial charge in [-0.2, -0.15) is 0 Å². The van der Waals surface area contributed by atoms with Crippen molar-refractivity contribution in [2.24, 2.45) is 12.8 Å². The van der Waals surface area contributed by atoms with Gasteiger partial charge in [-0.3, -0.25) is 9.36 Å². The van der Waals surface area contributed by atoms with Crippen LogP contribution in [0.2, 0.25) is 5.02 Å². The molecule has 3 aromatic rings. The lowest BCUT2D eigenvalue weighted by Crippen LogP contribution is -2.32. The molecule has 0 fully saturated rings. The van der Waals surface area contributed by atoms with Gasteiger partial charge in [0.25, 0.3) is 0 Å². The van der Waals surface area contributed by atoms with Gasteiger partial charge < -0.3 is 15.4 Å². The molecule has 0 spiro atoms. The van der Waals surface area contributed by atoms with Crippen molar-refractivity contribution in [3.05, 3.63) is 57.8 Å². The predicted octanol–water partition coefficient (Wildman–Crippen LogP) is 3.31. The van der Waals surface area contributed by atoms with E-state index in [2.05, 4.69) is 0 Å². The van der Waals surface area contributed by atoms with Crippen molar-refractivity contribution in [3.63, 3.8) is 0 Å². The number of carboxylic acids is 1. The third kappa shape index (κ3) is 2.84. The van der Waals surface area contributed by atoms with Crippen molar-refractivity contribution >= 4 is 40.8 Å². The fraction of sp³-hybridized carbons (Fsp3) is 0.176. The first-order valence-electron chi connectivity index (χ1n) is 7.34. The van der Waals surface area contributed by atoms with Crippen molar-refractivity contribution in [3.8, 4) is 5.69 Å². The molecule has 0 radical (unpaired) electrons. The summed E-state index contributed by atoms with van der Waals surface area (Å²) in [5.74, 6) is -1.01. The van der Waals surface area contributed by atoms with Gasteiger partial charge in [0.1, 0.15) is 6.04 Å². The van der Waals surface area contributed by atoms with Crippen molar-refractivity contribution in [1.29, 1.82) is 0 Å². The molecule has 2 aromatic carbocycles. The van der Waals surface area contributed by atoms with Crippen LogP contribution < -0.4 is 5.73 Å². The molecule has 3 N–H and O–H groups in total. The molecule has 1 heterocycles. The summed E-state index contributed by atoms with van der Waals surface area (Å²) in [6.45, 7) is 0. The van der Waals surface area contributed by atoms with E-state index in [1.165, 1.54) is 0 Å². The molecule has 124 valence electrons. The average Bonchev–Trinajstić information content (AvgIpc) is 2.81. The van der Waals surface area contributed by atoms with E-state index in [1.807, 2.05) is 58.6 Å². The molecule has 0 aliphatic heterocycles. The molecule has 0 aliphatic rings. The second kappa shape index (κ2) is 6.39. The molecule has 0 amide bonds. The van der Waals surface area contributed by atoms with E-state index in [9.17, 15) is 4.79 Å². The fourth-order valence-electron chi connectivity index (χ4n) is 2.71. The Morgan fingerprint density at radius 2 is 1.96 bits per heavy atom. The topological polar surface area (TPSA) is 73.2 Å². The van der Waals surface area contributed by atoms with Crippen LogP contribution in [0.3, 0.4) is 0 Å². The molecular formula is C17H16ClN3O2S. The smallest absolute Gasteiger partial charge is 0.320 e. The number of halogens is 1. The number of rotatable bonds is 4. The van der Waals surface area contributed by atoms with E-state index in [-0.39, 0.29) is 6.42 Å². The quantitative estimate of drug-likeness (QED) is 0.699. The first kappa shape index (κ1) is 16.7. The molecule has 0 bridgehead atoms. The Morgan fingerprint density at radius 3 is 2.58 bits per heavy atom. The van der Waals surface area contributed by atoms with E-state index in [1.54, 1.807) is 0 Å². The maximum Gasteiger partial charge on any atom is 0.320 e. The standard InChI is InChI=1S/C17H16ClN3O2S/c1-20-14-4-2-3-12(18)15(14)21(17(20)24)11-7-5-10(6-8-11)9-13(19)16(22)23/h2-8,13H,9,19H2,1H3,(H,22,23). The van der Waals surface area contributed by atoms with Gasteiger partial charge in [-0.1, -0.05) is 29.8 Å². The number of imidazole rings is 1. The number of nitrogens with two attached hydrogens (primary N) is 1. The zero-order valence-corrected chi connectivity index (χ0v) is 14.5. The lowest BCUT2D eigenvalue weighted by atomic mass is 10.1. The monoisotopic (exact) mass is 361 g/mol. The van der Waals surface area contributed by atoms with Crippen LogP contribution in [0.1, 0.15) is 5.56 Å². The molecule has 1 atom stereocenters. The Hall–Kier alpha value is -2.15. The number of aryl methyl sites for hydroxylation is 1. The summed E-state index contributed by atoms with van der Waals surface area (Å²) in [7, 11) is 1.90. The van der Waals surface area contributed by atoms with Crippen LogP contribution in [0.15, 0.2) is 42.5 Å². The van der Waals surface area contributed by atoms with Crippen LogP contribution in [0.5, 0.6) is 0 Å². The van der Waals surface area contributed by atoms with Crippen molar-refractivity contribution in [1.82, 2.24) is 9.13 Å². The Morgan fingerprint density at radius 1 is 1.29 bits per heavy atom. The Kier molecular flexibility index (Phi) is 4.45. The summed E-state index contributed by atoms with van der Waals surface area (Å²) in [5, 5.41) is 9.53. The Labute approximate surface area is 148 Å². The lowest BCUT2D eigenvalue weighted by molar-refractivity contribution is -0.138. The molecule has 0 aliphatic carbocycles. The van der Waals surface area contributed by atoms with Crippen LogP contribution in [-0.2, 0) is 18.3 Å². The highest BCUT2D eigenvalue weighted by atomic mass is 35.5. The number of hydrogen-bond acceptors (Lipinski definition) is 3. The van der Waals surface area contributed by atoms with Crippen LogP contribution in [0, 0.1) is 4.77 Å². The normalized spacial score (nSPS) is 12.5. The molecule has 5 nitrogen and oxygen atoms in total. The first-order chi connectivity index (χ1) is 11.4. The van der Waals surface area contributed by atoms with Gasteiger partial charge in [-0.05, 0) is 48.5 Å². The van der Waals surface area contributed by atoms with Gasteiger partial charge in [-0.15, -0.1) is 0 Å².